The van der Waals surface area contributed by atoms with Crippen molar-refractivity contribution in [1.82, 2.24) is 0 Å². The molecule has 2 aromatic carbocycles. The predicted octanol–water partition coefficient (Wildman–Crippen LogP) is 7.47. The standard InChI is InChI=1S/C23H28Cl2O/c24-21-15-11-19(12-16-21)7-3-1-5-9-23(26)10-6-2-4-8-20-13-17-22(25)18-14-20/h11-18H,1-10H2. The molecule has 0 spiro atoms. The summed E-state index contributed by atoms with van der Waals surface area (Å²) in [5.74, 6) is 0.419. The third-order valence-electron chi connectivity index (χ3n) is 4.67. The first kappa shape index (κ1) is 21.0. The summed E-state index contributed by atoms with van der Waals surface area (Å²) in [6.45, 7) is 0. The Hall–Kier alpha value is -1.31. The van der Waals surface area contributed by atoms with Crippen molar-refractivity contribution in [2.24, 2.45) is 0 Å². The van der Waals surface area contributed by atoms with Gasteiger partial charge in [-0.25, -0.2) is 0 Å². The number of carbonyl (C=O) groups is 1. The number of Topliss-reactive ketones (excluding diaryl/α,β-unsaturated/α-hetero) is 1. The van der Waals surface area contributed by atoms with Gasteiger partial charge in [-0.05, 0) is 73.9 Å². The molecule has 0 aliphatic carbocycles. The number of ketones is 1. The lowest BCUT2D eigenvalue weighted by molar-refractivity contribution is -0.119. The van der Waals surface area contributed by atoms with E-state index in [0.717, 1.165) is 74.3 Å². The van der Waals surface area contributed by atoms with E-state index in [2.05, 4.69) is 24.3 Å². The highest BCUT2D eigenvalue weighted by Crippen LogP contribution is 2.15. The minimum absolute atomic E-state index is 0.419. The highest BCUT2D eigenvalue weighted by atomic mass is 35.5. The average Bonchev–Trinajstić information content (AvgIpc) is 2.64. The molecule has 140 valence electrons. The number of carbonyl (C=O) groups excluding carboxylic acids is 1. The van der Waals surface area contributed by atoms with Crippen molar-refractivity contribution in [3.63, 3.8) is 0 Å². The molecule has 0 unspecified atom stereocenters. The molecule has 0 amide bonds. The first-order valence-electron chi connectivity index (χ1n) is 9.64. The van der Waals surface area contributed by atoms with E-state index < -0.39 is 0 Å². The highest BCUT2D eigenvalue weighted by molar-refractivity contribution is 6.30. The van der Waals surface area contributed by atoms with Gasteiger partial charge in [0.25, 0.3) is 0 Å². The molecule has 3 heteroatoms. The molecule has 26 heavy (non-hydrogen) atoms. The Morgan fingerprint density at radius 1 is 0.577 bits per heavy atom. The van der Waals surface area contributed by atoms with Crippen LogP contribution in [0.5, 0.6) is 0 Å². The van der Waals surface area contributed by atoms with Gasteiger partial charge in [-0.1, -0.05) is 60.3 Å². The maximum absolute atomic E-state index is 12.0. The summed E-state index contributed by atoms with van der Waals surface area (Å²) in [7, 11) is 0. The second-order valence-electron chi connectivity index (χ2n) is 6.91. The van der Waals surface area contributed by atoms with Crippen LogP contribution in [0.25, 0.3) is 0 Å². The zero-order valence-electron chi connectivity index (χ0n) is 15.4. The third kappa shape index (κ3) is 8.87. The fraction of sp³-hybridized carbons (Fsp3) is 0.435. The minimum atomic E-state index is 0.419. The van der Waals surface area contributed by atoms with Crippen molar-refractivity contribution < 1.29 is 4.79 Å². The first-order chi connectivity index (χ1) is 12.6. The maximum Gasteiger partial charge on any atom is 0.132 e. The topological polar surface area (TPSA) is 17.1 Å². The van der Waals surface area contributed by atoms with Gasteiger partial charge in [0, 0.05) is 22.9 Å². The van der Waals surface area contributed by atoms with E-state index in [9.17, 15) is 4.79 Å². The normalized spacial score (nSPS) is 10.8. The molecule has 0 saturated heterocycles. The van der Waals surface area contributed by atoms with Crippen LogP contribution in [-0.2, 0) is 17.6 Å². The van der Waals surface area contributed by atoms with E-state index in [1.807, 2.05) is 24.3 Å². The lowest BCUT2D eigenvalue weighted by Gasteiger charge is -2.04. The van der Waals surface area contributed by atoms with Gasteiger partial charge >= 0.3 is 0 Å². The second-order valence-corrected chi connectivity index (χ2v) is 7.79. The molecule has 2 rings (SSSR count). The summed E-state index contributed by atoms with van der Waals surface area (Å²) in [5.41, 5.74) is 2.64. The molecule has 0 aliphatic heterocycles. The summed E-state index contributed by atoms with van der Waals surface area (Å²) in [4.78, 5) is 12.0. The molecule has 0 atom stereocenters. The lowest BCUT2D eigenvalue weighted by atomic mass is 10.0. The van der Waals surface area contributed by atoms with Gasteiger partial charge in [0.1, 0.15) is 5.78 Å². The molecule has 0 saturated carbocycles. The Morgan fingerprint density at radius 2 is 0.962 bits per heavy atom. The summed E-state index contributed by atoms with van der Waals surface area (Å²) in [6, 6.07) is 16.1. The van der Waals surface area contributed by atoms with E-state index in [-0.39, 0.29) is 0 Å². The summed E-state index contributed by atoms with van der Waals surface area (Å²) in [6.07, 6.45) is 10.1. The van der Waals surface area contributed by atoms with Crippen LogP contribution >= 0.6 is 23.2 Å². The quantitative estimate of drug-likeness (QED) is 0.343. The van der Waals surface area contributed by atoms with Crippen LogP contribution in [0, 0.1) is 0 Å². The number of hydrogen-bond acceptors (Lipinski definition) is 1. The van der Waals surface area contributed by atoms with Crippen LogP contribution in [0.2, 0.25) is 10.0 Å². The van der Waals surface area contributed by atoms with Gasteiger partial charge in [-0.2, -0.15) is 0 Å². The van der Waals surface area contributed by atoms with E-state index in [1.54, 1.807) is 0 Å². The predicted molar refractivity (Wildman–Crippen MR) is 112 cm³/mol. The molecule has 0 radical (unpaired) electrons. The summed E-state index contributed by atoms with van der Waals surface area (Å²) in [5, 5.41) is 1.57. The Kier molecular flexibility index (Phi) is 9.81. The van der Waals surface area contributed by atoms with Gasteiger partial charge in [0.15, 0.2) is 0 Å². The molecular weight excluding hydrogens is 363 g/mol. The highest BCUT2D eigenvalue weighted by Gasteiger charge is 2.03. The van der Waals surface area contributed by atoms with Crippen molar-refractivity contribution in [3.8, 4) is 0 Å². The van der Waals surface area contributed by atoms with Crippen LogP contribution in [0.15, 0.2) is 48.5 Å². The maximum atomic E-state index is 12.0. The number of benzene rings is 2. The largest absolute Gasteiger partial charge is 0.300 e. The summed E-state index contributed by atoms with van der Waals surface area (Å²) >= 11 is 11.8. The zero-order chi connectivity index (χ0) is 18.6. The van der Waals surface area contributed by atoms with Crippen LogP contribution < -0.4 is 0 Å². The van der Waals surface area contributed by atoms with E-state index >= 15 is 0 Å². The molecular formula is C23H28Cl2O. The van der Waals surface area contributed by atoms with Gasteiger partial charge in [0.05, 0.1) is 0 Å². The molecule has 1 nitrogen and oxygen atoms in total. The smallest absolute Gasteiger partial charge is 0.132 e. The van der Waals surface area contributed by atoms with E-state index in [4.69, 9.17) is 23.2 Å². The molecule has 0 N–H and O–H groups in total. The van der Waals surface area contributed by atoms with Gasteiger partial charge in [-0.15, -0.1) is 0 Å². The minimum Gasteiger partial charge on any atom is -0.300 e. The van der Waals surface area contributed by atoms with E-state index in [0.29, 0.717) is 5.78 Å². The second kappa shape index (κ2) is 12.1. The van der Waals surface area contributed by atoms with Crippen LogP contribution in [0.4, 0.5) is 0 Å². The van der Waals surface area contributed by atoms with Crippen LogP contribution in [0.1, 0.15) is 62.5 Å². The monoisotopic (exact) mass is 390 g/mol. The van der Waals surface area contributed by atoms with Gasteiger partial charge in [-0.3, -0.25) is 4.79 Å². The van der Waals surface area contributed by atoms with Crippen molar-refractivity contribution in [1.29, 1.82) is 0 Å². The number of hydrogen-bond donors (Lipinski definition) is 0. The van der Waals surface area contributed by atoms with Gasteiger partial charge < -0.3 is 0 Å². The first-order valence-corrected chi connectivity index (χ1v) is 10.4. The van der Waals surface area contributed by atoms with Crippen LogP contribution in [-0.4, -0.2) is 5.78 Å². The SMILES string of the molecule is O=C(CCCCCc1ccc(Cl)cc1)CCCCCc1ccc(Cl)cc1. The number of halogens is 2. The van der Waals surface area contributed by atoms with Crippen molar-refractivity contribution in [2.45, 2.75) is 64.2 Å². The van der Waals surface area contributed by atoms with Crippen LogP contribution in [0.3, 0.4) is 0 Å². The Morgan fingerprint density at radius 3 is 1.35 bits per heavy atom. The fourth-order valence-corrected chi connectivity index (χ4v) is 3.34. The molecule has 0 bridgehead atoms. The molecule has 0 fully saturated rings. The molecule has 0 aromatic heterocycles. The Bertz CT molecular complexity index is 589. The Labute approximate surface area is 167 Å². The lowest BCUT2D eigenvalue weighted by Crippen LogP contribution is -1.98. The third-order valence-corrected chi connectivity index (χ3v) is 5.17. The fourth-order valence-electron chi connectivity index (χ4n) is 3.08. The van der Waals surface area contributed by atoms with Crippen molar-refractivity contribution in [2.75, 3.05) is 0 Å². The van der Waals surface area contributed by atoms with Crippen molar-refractivity contribution in [3.05, 3.63) is 69.7 Å². The van der Waals surface area contributed by atoms with Crippen molar-refractivity contribution >= 4 is 29.0 Å². The average molecular weight is 391 g/mol. The number of unbranched alkanes of at least 4 members (excludes halogenated alkanes) is 4. The number of aryl methyl sites for hydroxylation is 2. The Balaban J connectivity index is 1.45. The summed E-state index contributed by atoms with van der Waals surface area (Å²) < 4.78 is 0. The number of rotatable bonds is 12. The molecule has 0 heterocycles. The zero-order valence-corrected chi connectivity index (χ0v) is 16.9. The molecule has 0 aliphatic rings. The van der Waals surface area contributed by atoms with E-state index in [1.165, 1.54) is 11.1 Å². The van der Waals surface area contributed by atoms with Gasteiger partial charge in [0.2, 0.25) is 0 Å². The molecule has 2 aromatic rings.